The fourth-order valence-corrected chi connectivity index (χ4v) is 1.26. The van der Waals surface area contributed by atoms with Crippen molar-refractivity contribution in [3.63, 3.8) is 0 Å². The number of hydrogen-bond acceptors (Lipinski definition) is 2. The predicted octanol–water partition coefficient (Wildman–Crippen LogP) is 1.41. The maximum Gasteiger partial charge on any atom is 0.0703 e. The normalized spacial score (nSPS) is 19.4. The first-order chi connectivity index (χ1) is 5.22. The average Bonchev–Trinajstić information content (AvgIpc) is 2.70. The minimum absolute atomic E-state index is 0.00222. The third-order valence-electron chi connectivity index (χ3n) is 2.10. The van der Waals surface area contributed by atoms with Crippen LogP contribution in [0, 0.1) is 16.7 Å². The lowest BCUT2D eigenvalue weighted by molar-refractivity contribution is 0.322. The van der Waals surface area contributed by atoms with E-state index in [1.807, 2.05) is 13.1 Å². The van der Waals surface area contributed by atoms with Crippen LogP contribution in [0.3, 0.4) is 0 Å². The van der Waals surface area contributed by atoms with E-state index in [4.69, 9.17) is 5.26 Å². The van der Waals surface area contributed by atoms with Gasteiger partial charge in [0, 0.05) is 13.1 Å². The molecule has 0 aromatic rings. The summed E-state index contributed by atoms with van der Waals surface area (Å²) in [4.78, 5) is 2.14. The average molecular weight is 150 g/mol. The van der Waals surface area contributed by atoms with Crippen molar-refractivity contribution in [2.75, 3.05) is 20.1 Å². The lowest BCUT2D eigenvalue weighted by atomic mass is 10.1. The second-order valence-electron chi connectivity index (χ2n) is 3.38. The monoisotopic (exact) mass is 150 g/mol. The fraction of sp³-hybridized carbons (Fsp3) is 0.667. The van der Waals surface area contributed by atoms with E-state index in [0.717, 1.165) is 25.9 Å². The Bertz CT molecular complexity index is 186. The van der Waals surface area contributed by atoms with Crippen molar-refractivity contribution in [1.82, 2.24) is 4.90 Å². The summed E-state index contributed by atoms with van der Waals surface area (Å²) in [6.07, 6.45) is 4.02. The highest BCUT2D eigenvalue weighted by Crippen LogP contribution is 2.45. The zero-order valence-electron chi connectivity index (χ0n) is 7.01. The molecule has 1 saturated carbocycles. The fourth-order valence-electron chi connectivity index (χ4n) is 1.26. The van der Waals surface area contributed by atoms with Gasteiger partial charge < -0.3 is 4.90 Å². The van der Waals surface area contributed by atoms with Gasteiger partial charge in [0.1, 0.15) is 0 Å². The maximum absolute atomic E-state index is 8.77. The van der Waals surface area contributed by atoms with Crippen LogP contribution in [0.5, 0.6) is 0 Å². The van der Waals surface area contributed by atoms with Gasteiger partial charge in [-0.15, -0.1) is 6.58 Å². The quantitative estimate of drug-likeness (QED) is 0.566. The van der Waals surface area contributed by atoms with Crippen LogP contribution in [-0.2, 0) is 0 Å². The molecule has 0 aromatic carbocycles. The van der Waals surface area contributed by atoms with Crippen LogP contribution in [0.1, 0.15) is 12.8 Å². The van der Waals surface area contributed by atoms with Crippen LogP contribution in [0.15, 0.2) is 12.7 Å². The molecule has 2 heteroatoms. The van der Waals surface area contributed by atoms with Crippen molar-refractivity contribution in [2.45, 2.75) is 12.8 Å². The molecule has 0 unspecified atom stereocenters. The highest BCUT2D eigenvalue weighted by Gasteiger charge is 2.43. The molecule has 1 aliphatic rings. The van der Waals surface area contributed by atoms with Crippen molar-refractivity contribution >= 4 is 0 Å². The molecule has 0 radical (unpaired) electrons. The Kier molecular flexibility index (Phi) is 2.31. The summed E-state index contributed by atoms with van der Waals surface area (Å²) in [5, 5.41) is 8.77. The van der Waals surface area contributed by atoms with Crippen LogP contribution in [0.4, 0.5) is 0 Å². The first kappa shape index (κ1) is 8.29. The zero-order chi connectivity index (χ0) is 8.32. The van der Waals surface area contributed by atoms with Crippen LogP contribution in [0.2, 0.25) is 0 Å². The molecule has 60 valence electrons. The molecular weight excluding hydrogens is 136 g/mol. The lowest BCUT2D eigenvalue weighted by Gasteiger charge is -2.16. The van der Waals surface area contributed by atoms with E-state index >= 15 is 0 Å². The van der Waals surface area contributed by atoms with E-state index in [0.29, 0.717) is 0 Å². The minimum Gasteiger partial charge on any atom is -0.301 e. The van der Waals surface area contributed by atoms with Crippen molar-refractivity contribution in [3.05, 3.63) is 12.7 Å². The summed E-state index contributed by atoms with van der Waals surface area (Å²) in [5.41, 5.74) is -0.00222. The van der Waals surface area contributed by atoms with Crippen molar-refractivity contribution in [1.29, 1.82) is 5.26 Å². The minimum atomic E-state index is -0.00222. The smallest absolute Gasteiger partial charge is 0.0703 e. The molecule has 0 atom stereocenters. The third kappa shape index (κ3) is 2.06. The third-order valence-corrected chi connectivity index (χ3v) is 2.10. The Labute approximate surface area is 68.1 Å². The molecule has 0 saturated heterocycles. The van der Waals surface area contributed by atoms with Crippen molar-refractivity contribution < 1.29 is 0 Å². The van der Waals surface area contributed by atoms with Gasteiger partial charge in [-0.05, 0) is 19.9 Å². The first-order valence-corrected chi connectivity index (χ1v) is 3.93. The molecule has 0 spiro atoms. The molecule has 1 aliphatic carbocycles. The van der Waals surface area contributed by atoms with E-state index in [1.54, 1.807) is 0 Å². The highest BCUT2D eigenvalue weighted by atomic mass is 15.1. The summed E-state index contributed by atoms with van der Waals surface area (Å²) in [6, 6.07) is 2.37. The summed E-state index contributed by atoms with van der Waals surface area (Å²) in [6.45, 7) is 5.43. The largest absolute Gasteiger partial charge is 0.301 e. The Morgan fingerprint density at radius 3 is 2.73 bits per heavy atom. The summed E-state index contributed by atoms with van der Waals surface area (Å²) < 4.78 is 0. The number of likely N-dealkylation sites (N-methyl/N-ethyl adjacent to an activating group) is 1. The number of nitrogens with zero attached hydrogens (tertiary/aromatic N) is 2. The molecule has 0 heterocycles. The zero-order valence-corrected chi connectivity index (χ0v) is 7.01. The summed E-state index contributed by atoms with van der Waals surface area (Å²) in [7, 11) is 2.03. The van der Waals surface area contributed by atoms with Crippen LogP contribution in [0.25, 0.3) is 0 Å². The SMILES string of the molecule is C=CCN(C)CC1(C#N)CC1. The van der Waals surface area contributed by atoms with E-state index in [-0.39, 0.29) is 5.41 Å². The molecule has 1 fully saturated rings. The maximum atomic E-state index is 8.77. The second kappa shape index (κ2) is 3.06. The van der Waals surface area contributed by atoms with Crippen LogP contribution < -0.4 is 0 Å². The Morgan fingerprint density at radius 1 is 1.73 bits per heavy atom. The number of hydrogen-bond donors (Lipinski definition) is 0. The molecule has 0 aliphatic heterocycles. The van der Waals surface area contributed by atoms with Gasteiger partial charge in [0.15, 0.2) is 0 Å². The Hall–Kier alpha value is -0.810. The molecule has 0 aromatic heterocycles. The van der Waals surface area contributed by atoms with E-state index in [9.17, 15) is 0 Å². The lowest BCUT2D eigenvalue weighted by Crippen LogP contribution is -2.25. The van der Waals surface area contributed by atoms with Gasteiger partial charge in [-0.2, -0.15) is 5.26 Å². The summed E-state index contributed by atoms with van der Waals surface area (Å²) >= 11 is 0. The van der Waals surface area contributed by atoms with Gasteiger partial charge in [0.05, 0.1) is 11.5 Å². The molecular formula is C9H14N2. The topological polar surface area (TPSA) is 27.0 Å². The van der Waals surface area contributed by atoms with Gasteiger partial charge in [-0.3, -0.25) is 0 Å². The van der Waals surface area contributed by atoms with Gasteiger partial charge in [-0.1, -0.05) is 6.08 Å². The van der Waals surface area contributed by atoms with Crippen molar-refractivity contribution in [2.24, 2.45) is 5.41 Å². The van der Waals surface area contributed by atoms with Crippen LogP contribution >= 0.6 is 0 Å². The van der Waals surface area contributed by atoms with E-state index in [2.05, 4.69) is 17.5 Å². The highest BCUT2D eigenvalue weighted by molar-refractivity contribution is 5.11. The molecule has 0 bridgehead atoms. The standard InChI is InChI=1S/C9H14N2/c1-3-6-11(2)8-9(7-10)4-5-9/h3H,1,4-6,8H2,2H3. The number of rotatable bonds is 4. The molecule has 0 amide bonds. The predicted molar refractivity (Wildman–Crippen MR) is 45.0 cm³/mol. The molecule has 1 rings (SSSR count). The Morgan fingerprint density at radius 2 is 2.36 bits per heavy atom. The van der Waals surface area contributed by atoms with Gasteiger partial charge >= 0.3 is 0 Å². The molecule has 11 heavy (non-hydrogen) atoms. The van der Waals surface area contributed by atoms with E-state index in [1.165, 1.54) is 0 Å². The van der Waals surface area contributed by atoms with Gasteiger partial charge in [-0.25, -0.2) is 0 Å². The van der Waals surface area contributed by atoms with Crippen molar-refractivity contribution in [3.8, 4) is 6.07 Å². The van der Waals surface area contributed by atoms with Gasteiger partial charge in [0.2, 0.25) is 0 Å². The van der Waals surface area contributed by atoms with E-state index < -0.39 is 0 Å². The van der Waals surface area contributed by atoms with Crippen LogP contribution in [-0.4, -0.2) is 25.0 Å². The molecule has 0 N–H and O–H groups in total. The van der Waals surface area contributed by atoms with Gasteiger partial charge in [0.25, 0.3) is 0 Å². The Balaban J connectivity index is 2.31. The molecule has 2 nitrogen and oxygen atoms in total. The first-order valence-electron chi connectivity index (χ1n) is 3.93. The number of nitriles is 1. The second-order valence-corrected chi connectivity index (χ2v) is 3.38. The summed E-state index contributed by atoms with van der Waals surface area (Å²) in [5.74, 6) is 0.